The van der Waals surface area contributed by atoms with E-state index in [1.54, 1.807) is 20.0 Å². The third kappa shape index (κ3) is 3.17. The molecule has 0 N–H and O–H groups in total. The van der Waals surface area contributed by atoms with Gasteiger partial charge in [-0.05, 0) is 13.0 Å². The highest BCUT2D eigenvalue weighted by atomic mass is 32.2. The van der Waals surface area contributed by atoms with Crippen molar-refractivity contribution in [1.29, 1.82) is 5.26 Å². The molecular weight excluding hydrogens is 239 g/mol. The number of hydrogen-bond donors (Lipinski definition) is 0. The first kappa shape index (κ1) is 12.9. The van der Waals surface area contributed by atoms with Crippen LogP contribution in [0, 0.1) is 24.2 Å². The number of nitrogens with zero attached hydrogens (tertiary/aromatic N) is 3. The van der Waals surface area contributed by atoms with Crippen molar-refractivity contribution in [2.24, 2.45) is 13.0 Å². The first-order valence-corrected chi connectivity index (χ1v) is 5.43. The van der Waals surface area contributed by atoms with Crippen molar-refractivity contribution in [3.05, 3.63) is 11.8 Å². The molecule has 0 bridgehead atoms. The maximum absolute atomic E-state index is 12.3. The highest BCUT2D eigenvalue weighted by molar-refractivity contribution is 7.99. The van der Waals surface area contributed by atoms with Crippen LogP contribution in [0.3, 0.4) is 0 Å². The Morgan fingerprint density at radius 3 is 2.62 bits per heavy atom. The Balaban J connectivity index is 2.64. The summed E-state index contributed by atoms with van der Waals surface area (Å²) >= 11 is 0.985. The quantitative estimate of drug-likeness (QED) is 0.773. The number of thioether (sulfide) groups is 1. The van der Waals surface area contributed by atoms with Crippen LogP contribution in [-0.4, -0.2) is 21.7 Å². The van der Waals surface area contributed by atoms with Crippen molar-refractivity contribution in [2.45, 2.75) is 18.1 Å². The Kier molecular flexibility index (Phi) is 3.86. The molecule has 16 heavy (non-hydrogen) atoms. The molecule has 0 saturated carbocycles. The number of nitriles is 1. The van der Waals surface area contributed by atoms with Gasteiger partial charge in [-0.1, -0.05) is 0 Å². The fourth-order valence-corrected chi connectivity index (χ4v) is 2.18. The van der Waals surface area contributed by atoms with Gasteiger partial charge in [-0.3, -0.25) is 4.68 Å². The first-order valence-electron chi connectivity index (χ1n) is 4.44. The molecule has 1 aromatic rings. The maximum Gasteiger partial charge on any atom is 0.405 e. The molecule has 7 heteroatoms. The van der Waals surface area contributed by atoms with Gasteiger partial charge in [-0.2, -0.15) is 23.5 Å². The van der Waals surface area contributed by atoms with Crippen LogP contribution in [0.1, 0.15) is 5.69 Å². The minimum absolute atomic E-state index is 0.307. The summed E-state index contributed by atoms with van der Waals surface area (Å²) in [6.45, 7) is 1.76. The van der Waals surface area contributed by atoms with Gasteiger partial charge in [0, 0.05) is 12.8 Å². The molecule has 88 valence electrons. The largest absolute Gasteiger partial charge is 0.405 e. The second kappa shape index (κ2) is 4.78. The van der Waals surface area contributed by atoms with E-state index in [4.69, 9.17) is 5.26 Å². The van der Waals surface area contributed by atoms with E-state index in [9.17, 15) is 13.2 Å². The van der Waals surface area contributed by atoms with Crippen molar-refractivity contribution in [2.75, 3.05) is 5.75 Å². The van der Waals surface area contributed by atoms with Gasteiger partial charge in [0.15, 0.2) is 5.92 Å². The van der Waals surface area contributed by atoms with E-state index in [1.165, 1.54) is 10.8 Å². The lowest BCUT2D eigenvalue weighted by atomic mass is 10.2. The van der Waals surface area contributed by atoms with Gasteiger partial charge in [-0.15, -0.1) is 11.8 Å². The third-order valence-electron chi connectivity index (χ3n) is 1.91. The number of alkyl halides is 3. The summed E-state index contributed by atoms with van der Waals surface area (Å²) in [5, 5.41) is 13.0. The lowest BCUT2D eigenvalue weighted by Crippen LogP contribution is -2.23. The number of rotatable bonds is 3. The molecule has 0 radical (unpaired) electrons. The predicted molar refractivity (Wildman–Crippen MR) is 53.8 cm³/mol. The van der Waals surface area contributed by atoms with E-state index in [2.05, 4.69) is 5.10 Å². The first-order chi connectivity index (χ1) is 7.34. The van der Waals surface area contributed by atoms with Crippen LogP contribution in [0.25, 0.3) is 0 Å². The summed E-state index contributed by atoms with van der Waals surface area (Å²) in [7, 11) is 1.66. The number of halogens is 3. The van der Waals surface area contributed by atoms with E-state index in [0.29, 0.717) is 5.03 Å². The van der Waals surface area contributed by atoms with Gasteiger partial charge >= 0.3 is 6.18 Å². The molecule has 1 atom stereocenters. The average Bonchev–Trinajstić information content (AvgIpc) is 2.44. The Bertz CT molecular complexity index is 405. The molecule has 0 fully saturated rings. The monoisotopic (exact) mass is 249 g/mol. The second-order valence-electron chi connectivity index (χ2n) is 3.28. The van der Waals surface area contributed by atoms with E-state index < -0.39 is 12.1 Å². The van der Waals surface area contributed by atoms with E-state index >= 15 is 0 Å². The lowest BCUT2D eigenvalue weighted by molar-refractivity contribution is -0.152. The fraction of sp³-hybridized carbons (Fsp3) is 0.556. The highest BCUT2D eigenvalue weighted by Gasteiger charge is 2.39. The standard InChI is InChI=1S/C9H10F3N3S/c1-6-3-8(15(2)14-6)16-5-7(4-13)9(10,11)12/h3,7H,5H2,1-2H3. The fourth-order valence-electron chi connectivity index (χ4n) is 1.10. The summed E-state index contributed by atoms with van der Waals surface area (Å²) in [4.78, 5) is 0. The summed E-state index contributed by atoms with van der Waals surface area (Å²) in [5.74, 6) is -2.24. The van der Waals surface area contributed by atoms with E-state index in [0.717, 1.165) is 17.5 Å². The molecule has 0 aliphatic heterocycles. The molecule has 0 spiro atoms. The predicted octanol–water partition coefficient (Wildman–Crippen LogP) is 2.52. The number of aromatic nitrogens is 2. The summed E-state index contributed by atoms with van der Waals surface area (Å²) in [5.41, 5.74) is 0.741. The Morgan fingerprint density at radius 2 is 2.25 bits per heavy atom. The summed E-state index contributed by atoms with van der Waals surface area (Å²) < 4.78 is 38.3. The van der Waals surface area contributed by atoms with Crippen LogP contribution in [-0.2, 0) is 7.05 Å². The SMILES string of the molecule is Cc1cc(SCC(C#N)C(F)(F)F)n(C)n1. The van der Waals surface area contributed by atoms with Crippen molar-refractivity contribution in [1.82, 2.24) is 9.78 Å². The van der Waals surface area contributed by atoms with Crippen LogP contribution < -0.4 is 0 Å². The lowest BCUT2D eigenvalue weighted by Gasteiger charge is -2.12. The minimum Gasteiger partial charge on any atom is -0.262 e. The second-order valence-corrected chi connectivity index (χ2v) is 4.32. The highest BCUT2D eigenvalue weighted by Crippen LogP contribution is 2.31. The zero-order chi connectivity index (χ0) is 12.3. The van der Waals surface area contributed by atoms with Crippen molar-refractivity contribution < 1.29 is 13.2 Å². The van der Waals surface area contributed by atoms with Crippen molar-refractivity contribution in [3.63, 3.8) is 0 Å². The van der Waals surface area contributed by atoms with Crippen LogP contribution in [0.5, 0.6) is 0 Å². The van der Waals surface area contributed by atoms with Crippen LogP contribution in [0.2, 0.25) is 0 Å². The zero-order valence-electron chi connectivity index (χ0n) is 8.75. The van der Waals surface area contributed by atoms with Crippen LogP contribution in [0.4, 0.5) is 13.2 Å². The van der Waals surface area contributed by atoms with Gasteiger partial charge < -0.3 is 0 Å². The summed E-state index contributed by atoms with van der Waals surface area (Å²) in [6, 6.07) is 2.95. The van der Waals surface area contributed by atoms with E-state index in [1.807, 2.05) is 0 Å². The van der Waals surface area contributed by atoms with Gasteiger partial charge in [0.2, 0.25) is 0 Å². The Morgan fingerprint density at radius 1 is 1.62 bits per heavy atom. The van der Waals surface area contributed by atoms with Gasteiger partial charge in [0.1, 0.15) is 0 Å². The average molecular weight is 249 g/mol. The molecule has 0 saturated heterocycles. The maximum atomic E-state index is 12.3. The topological polar surface area (TPSA) is 41.6 Å². The van der Waals surface area contributed by atoms with Gasteiger partial charge in [0.05, 0.1) is 16.8 Å². The normalized spacial score (nSPS) is 13.5. The Labute approximate surface area is 95.2 Å². The van der Waals surface area contributed by atoms with Gasteiger partial charge in [-0.25, -0.2) is 0 Å². The zero-order valence-corrected chi connectivity index (χ0v) is 9.56. The number of aryl methyl sites for hydroxylation is 2. The van der Waals surface area contributed by atoms with Crippen molar-refractivity contribution in [3.8, 4) is 6.07 Å². The summed E-state index contributed by atoms with van der Waals surface area (Å²) in [6.07, 6.45) is -4.46. The molecule has 1 rings (SSSR count). The molecular formula is C9H10F3N3S. The third-order valence-corrected chi connectivity index (χ3v) is 3.09. The minimum atomic E-state index is -4.46. The van der Waals surface area contributed by atoms with Crippen LogP contribution >= 0.6 is 11.8 Å². The van der Waals surface area contributed by atoms with Crippen LogP contribution in [0.15, 0.2) is 11.1 Å². The molecule has 1 aromatic heterocycles. The smallest absolute Gasteiger partial charge is 0.262 e. The number of hydrogen-bond acceptors (Lipinski definition) is 3. The molecule has 0 amide bonds. The molecule has 1 unspecified atom stereocenters. The van der Waals surface area contributed by atoms with E-state index in [-0.39, 0.29) is 5.75 Å². The van der Waals surface area contributed by atoms with Gasteiger partial charge in [0.25, 0.3) is 0 Å². The molecule has 0 aliphatic carbocycles. The van der Waals surface area contributed by atoms with Crippen molar-refractivity contribution >= 4 is 11.8 Å². The molecule has 0 aliphatic rings. The molecule has 1 heterocycles. The Hall–Kier alpha value is -1.16. The molecule has 0 aromatic carbocycles. The molecule has 3 nitrogen and oxygen atoms in total.